The van der Waals surface area contributed by atoms with Crippen molar-refractivity contribution in [3.8, 4) is 33.4 Å². The molecule has 0 saturated carbocycles. The highest BCUT2D eigenvalue weighted by Gasteiger charge is 2.36. The lowest BCUT2D eigenvalue weighted by atomic mass is 9.79. The van der Waals surface area contributed by atoms with E-state index in [-0.39, 0.29) is 5.41 Å². The first-order chi connectivity index (χ1) is 21.3. The molecule has 8 rings (SSSR count). The Balaban J connectivity index is 0.000000342. The second-order valence-corrected chi connectivity index (χ2v) is 12.7. The highest BCUT2D eigenvalue weighted by Crippen LogP contribution is 2.53. The van der Waals surface area contributed by atoms with Gasteiger partial charge in [0.2, 0.25) is 0 Å². The van der Waals surface area contributed by atoms with Gasteiger partial charge in [0, 0.05) is 16.0 Å². The molecule has 0 unspecified atom stereocenters. The Labute approximate surface area is 265 Å². The lowest BCUT2D eigenvalue weighted by molar-refractivity contribution is 0.661. The normalized spacial score (nSPS) is 12.8. The van der Waals surface area contributed by atoms with Gasteiger partial charge < -0.3 is 5.73 Å². The van der Waals surface area contributed by atoms with E-state index in [4.69, 9.17) is 5.73 Å². The number of nitrogen functional groups attached to an aromatic ring is 1. The van der Waals surface area contributed by atoms with Crippen molar-refractivity contribution >= 4 is 39.9 Å². The van der Waals surface area contributed by atoms with Crippen molar-refractivity contribution in [3.63, 3.8) is 0 Å². The number of para-hydroxylation sites is 1. The van der Waals surface area contributed by atoms with E-state index in [1.165, 1.54) is 71.6 Å². The van der Waals surface area contributed by atoms with Crippen LogP contribution >= 0.6 is 12.6 Å². The molecule has 7 aromatic carbocycles. The molecule has 0 radical (unpaired) electrons. The maximum Gasteiger partial charge on any atom is 0.0449 e. The summed E-state index contributed by atoms with van der Waals surface area (Å²) in [4.78, 5) is 0.840. The summed E-state index contributed by atoms with van der Waals surface area (Å²) in [6.07, 6.45) is 0. The minimum Gasteiger partial charge on any atom is -0.398 e. The molecule has 0 heterocycles. The van der Waals surface area contributed by atoms with Crippen LogP contribution in [0.5, 0.6) is 0 Å². The van der Waals surface area contributed by atoms with Crippen LogP contribution in [0.25, 0.3) is 54.9 Å². The predicted molar refractivity (Wildman–Crippen MR) is 193 cm³/mol. The maximum absolute atomic E-state index is 5.44. The largest absolute Gasteiger partial charge is 0.398 e. The van der Waals surface area contributed by atoms with Crippen molar-refractivity contribution in [1.29, 1.82) is 0 Å². The third kappa shape index (κ3) is 4.67. The summed E-state index contributed by atoms with van der Waals surface area (Å²) < 4.78 is 0. The molecule has 1 nitrogen and oxygen atoms in total. The van der Waals surface area contributed by atoms with Crippen molar-refractivity contribution in [2.24, 2.45) is 0 Å². The van der Waals surface area contributed by atoms with Gasteiger partial charge in [0.15, 0.2) is 0 Å². The molecular weight excluding hydrogens is 551 g/mol. The quantitative estimate of drug-likeness (QED) is 0.118. The van der Waals surface area contributed by atoms with Crippen LogP contribution in [0.2, 0.25) is 0 Å². The summed E-state index contributed by atoms with van der Waals surface area (Å²) in [7, 11) is 0. The topological polar surface area (TPSA) is 26.0 Å². The number of hydrogen-bond acceptors (Lipinski definition) is 2. The van der Waals surface area contributed by atoms with Gasteiger partial charge in [-0.1, -0.05) is 135 Å². The van der Waals surface area contributed by atoms with Gasteiger partial charge in [-0.25, -0.2) is 0 Å². The number of rotatable bonds is 2. The molecule has 0 atom stereocenters. The van der Waals surface area contributed by atoms with Gasteiger partial charge >= 0.3 is 0 Å². The second-order valence-electron chi connectivity index (χ2n) is 12.2. The molecular formula is C42H35NS. The van der Waals surface area contributed by atoms with Crippen LogP contribution in [-0.4, -0.2) is 0 Å². The third-order valence-electron chi connectivity index (χ3n) is 9.07. The van der Waals surface area contributed by atoms with Gasteiger partial charge in [-0.15, -0.1) is 12.6 Å². The minimum atomic E-state index is -0.0380. The lowest BCUT2D eigenvalue weighted by Gasteiger charge is -2.23. The molecule has 0 aliphatic heterocycles. The van der Waals surface area contributed by atoms with Crippen LogP contribution in [-0.2, 0) is 5.41 Å². The van der Waals surface area contributed by atoms with Crippen LogP contribution < -0.4 is 5.73 Å². The fraction of sp³-hybridized carbons (Fsp3) is 0.0952. The third-order valence-corrected chi connectivity index (χ3v) is 9.47. The Kier molecular flexibility index (Phi) is 7.03. The first-order valence-electron chi connectivity index (χ1n) is 15.1. The van der Waals surface area contributed by atoms with Crippen molar-refractivity contribution in [2.45, 2.75) is 31.1 Å². The molecule has 0 saturated heterocycles. The highest BCUT2D eigenvalue weighted by molar-refractivity contribution is 7.80. The summed E-state index contributed by atoms with van der Waals surface area (Å²) in [5.41, 5.74) is 18.2. The SMILES string of the molecule is Cc1ccc(-c2c3ccccc3c(-c3ccccc3)c3cc4c(cc23)-c2ccccc2C4(C)C)cc1.Nc1ccccc1S. The van der Waals surface area contributed by atoms with Gasteiger partial charge in [-0.05, 0) is 97.2 Å². The zero-order valence-electron chi connectivity index (χ0n) is 25.3. The smallest absolute Gasteiger partial charge is 0.0449 e. The maximum atomic E-state index is 5.44. The van der Waals surface area contributed by atoms with Crippen LogP contribution in [0.4, 0.5) is 5.69 Å². The number of nitrogens with two attached hydrogens (primary N) is 1. The monoisotopic (exact) mass is 585 g/mol. The molecule has 0 aromatic heterocycles. The molecule has 7 aromatic rings. The van der Waals surface area contributed by atoms with Crippen LogP contribution in [0.1, 0.15) is 30.5 Å². The van der Waals surface area contributed by atoms with E-state index in [2.05, 4.69) is 149 Å². The minimum absolute atomic E-state index is 0.0380. The van der Waals surface area contributed by atoms with Crippen molar-refractivity contribution in [3.05, 3.63) is 156 Å². The number of hydrogen-bond donors (Lipinski definition) is 2. The lowest BCUT2D eigenvalue weighted by Crippen LogP contribution is -2.14. The van der Waals surface area contributed by atoms with E-state index in [9.17, 15) is 0 Å². The zero-order chi connectivity index (χ0) is 30.4. The molecule has 0 fully saturated rings. The number of benzene rings is 7. The Morgan fingerprint density at radius 1 is 0.500 bits per heavy atom. The van der Waals surface area contributed by atoms with E-state index in [0.717, 1.165) is 10.6 Å². The first kappa shape index (κ1) is 28.0. The van der Waals surface area contributed by atoms with Crippen molar-refractivity contribution < 1.29 is 0 Å². The average Bonchev–Trinajstić information content (AvgIpc) is 3.27. The van der Waals surface area contributed by atoms with Crippen molar-refractivity contribution in [1.82, 2.24) is 0 Å². The fourth-order valence-electron chi connectivity index (χ4n) is 6.81. The van der Waals surface area contributed by atoms with Crippen LogP contribution in [0.3, 0.4) is 0 Å². The molecule has 2 N–H and O–H groups in total. The standard InChI is InChI=1S/C36H28.C6H7NS/c1-23-17-19-25(20-18-23)35-28-15-8-7-14-27(28)34(24-11-5-4-6-12-24)31-22-33-29(21-30(31)35)26-13-9-10-16-32(26)36(33,2)3;7-5-3-1-2-4-6(5)8/h4-22H,1-3H3;1-4,8H,7H2. The van der Waals surface area contributed by atoms with E-state index >= 15 is 0 Å². The first-order valence-corrected chi connectivity index (χ1v) is 15.6. The van der Waals surface area contributed by atoms with Gasteiger partial charge in [-0.2, -0.15) is 0 Å². The molecule has 44 heavy (non-hydrogen) atoms. The molecule has 2 heteroatoms. The Bertz CT molecular complexity index is 2140. The van der Waals surface area contributed by atoms with Gasteiger partial charge in [0.1, 0.15) is 0 Å². The van der Waals surface area contributed by atoms with E-state index in [0.29, 0.717) is 0 Å². The second kappa shape index (κ2) is 11.0. The highest BCUT2D eigenvalue weighted by atomic mass is 32.1. The van der Waals surface area contributed by atoms with Gasteiger partial charge in [-0.3, -0.25) is 0 Å². The van der Waals surface area contributed by atoms with Crippen LogP contribution in [0.15, 0.2) is 144 Å². The number of anilines is 1. The Hall–Kier alpha value is -4.79. The molecule has 0 bridgehead atoms. The summed E-state index contributed by atoms with van der Waals surface area (Å²) in [5, 5.41) is 5.26. The zero-order valence-corrected chi connectivity index (χ0v) is 26.2. The summed E-state index contributed by atoms with van der Waals surface area (Å²) >= 11 is 4.07. The molecule has 0 amide bonds. The van der Waals surface area contributed by atoms with Crippen LogP contribution in [0, 0.1) is 6.92 Å². The van der Waals surface area contributed by atoms with Gasteiger partial charge in [0.05, 0.1) is 0 Å². The molecule has 1 aliphatic rings. The van der Waals surface area contributed by atoms with Gasteiger partial charge in [0.25, 0.3) is 0 Å². The average molecular weight is 586 g/mol. The summed E-state index contributed by atoms with van der Waals surface area (Å²) in [5.74, 6) is 0. The Morgan fingerprint density at radius 3 is 1.68 bits per heavy atom. The summed E-state index contributed by atoms with van der Waals surface area (Å²) in [6.45, 7) is 6.89. The number of aryl methyl sites for hydroxylation is 1. The fourth-order valence-corrected chi connectivity index (χ4v) is 6.97. The predicted octanol–water partition coefficient (Wildman–Crippen LogP) is 11.5. The number of fused-ring (bicyclic) bond motifs is 5. The molecule has 0 spiro atoms. The summed E-state index contributed by atoms with van der Waals surface area (Å²) in [6, 6.07) is 50.2. The molecule has 214 valence electrons. The molecule has 1 aliphatic carbocycles. The van der Waals surface area contributed by atoms with Crippen molar-refractivity contribution in [2.75, 3.05) is 5.73 Å². The van der Waals surface area contributed by atoms with E-state index in [1.807, 2.05) is 24.3 Å². The van der Waals surface area contributed by atoms with E-state index < -0.39 is 0 Å². The van der Waals surface area contributed by atoms with E-state index in [1.54, 1.807) is 0 Å². The number of thiol groups is 1. The Morgan fingerprint density at radius 2 is 1.05 bits per heavy atom.